The van der Waals surface area contributed by atoms with E-state index in [4.69, 9.17) is 4.74 Å². The molecule has 0 aliphatic carbocycles. The van der Waals surface area contributed by atoms with Crippen LogP contribution in [0.4, 0.5) is 8.78 Å². The van der Waals surface area contributed by atoms with Crippen LogP contribution in [-0.4, -0.2) is 14.9 Å². The summed E-state index contributed by atoms with van der Waals surface area (Å²) in [5, 5.41) is 0. The van der Waals surface area contributed by atoms with Crippen LogP contribution in [0.5, 0.6) is 5.75 Å². The van der Waals surface area contributed by atoms with Gasteiger partial charge in [0.15, 0.2) is 17.4 Å². The molecule has 0 aromatic heterocycles. The molecule has 2 aromatic carbocycles. The summed E-state index contributed by atoms with van der Waals surface area (Å²) in [6.07, 6.45) is 13.2. The molecule has 0 radical (unpaired) electrons. The summed E-state index contributed by atoms with van der Waals surface area (Å²) in [6.45, 7) is 6.37. The second-order valence-corrected chi connectivity index (χ2v) is 14.2. The fourth-order valence-corrected chi connectivity index (χ4v) is 9.03. The highest BCUT2D eigenvalue weighted by Crippen LogP contribution is 2.36. The van der Waals surface area contributed by atoms with Gasteiger partial charge >= 0.3 is 0 Å². The van der Waals surface area contributed by atoms with Crippen LogP contribution >= 0.6 is 0 Å². The molecule has 0 saturated carbocycles. The normalized spacial score (nSPS) is 19.0. The van der Waals surface area contributed by atoms with Crippen LogP contribution in [0, 0.1) is 11.6 Å². The molecule has 3 rings (SSSR count). The smallest absolute Gasteiger partial charge is 0.191 e. The second kappa shape index (κ2) is 14.8. The molecule has 2 aromatic rings. The molecule has 1 saturated heterocycles. The molecule has 0 amide bonds. The minimum absolute atomic E-state index is 0.199. The average Bonchev–Trinajstić information content (AvgIpc) is 2.87. The zero-order valence-corrected chi connectivity index (χ0v) is 23.4. The van der Waals surface area contributed by atoms with E-state index in [1.54, 1.807) is 0 Å². The Morgan fingerprint density at radius 3 is 2.06 bits per heavy atom. The van der Waals surface area contributed by atoms with Gasteiger partial charge in [-0.1, -0.05) is 101 Å². The van der Waals surface area contributed by atoms with Crippen molar-refractivity contribution >= 4 is 8.80 Å². The number of unbranched alkanes of at least 4 members (excludes halogenated alkanes) is 6. The van der Waals surface area contributed by atoms with Gasteiger partial charge in [0.1, 0.15) is 0 Å². The minimum Gasteiger partial charge on any atom is -0.485 e. The van der Waals surface area contributed by atoms with E-state index in [-0.39, 0.29) is 11.9 Å². The highest BCUT2D eigenvalue weighted by Gasteiger charge is 2.23. The van der Waals surface area contributed by atoms with Gasteiger partial charge in [-0.25, -0.2) is 8.78 Å². The molecule has 4 heteroatoms. The van der Waals surface area contributed by atoms with E-state index in [1.165, 1.54) is 87.2 Å². The summed E-state index contributed by atoms with van der Waals surface area (Å²) >= 11 is 0. The number of hydrogen-bond acceptors (Lipinski definition) is 1. The molecule has 0 N–H and O–H groups in total. The third-order valence-electron chi connectivity index (χ3n) is 7.81. The van der Waals surface area contributed by atoms with Crippen LogP contribution in [-0.2, 0) is 0 Å². The zero-order chi connectivity index (χ0) is 25.0. The van der Waals surface area contributed by atoms with E-state index in [2.05, 4.69) is 26.0 Å². The van der Waals surface area contributed by atoms with Crippen LogP contribution in [0.15, 0.2) is 36.4 Å². The van der Waals surface area contributed by atoms with Crippen molar-refractivity contribution in [2.24, 2.45) is 0 Å². The Labute approximate surface area is 214 Å². The fourth-order valence-electron chi connectivity index (χ4n) is 5.55. The van der Waals surface area contributed by atoms with Crippen molar-refractivity contribution in [2.75, 3.05) is 0 Å². The van der Waals surface area contributed by atoms with E-state index in [9.17, 15) is 8.78 Å². The van der Waals surface area contributed by atoms with E-state index < -0.39 is 20.4 Å². The third-order valence-corrected chi connectivity index (χ3v) is 11.3. The van der Waals surface area contributed by atoms with Gasteiger partial charge in [-0.05, 0) is 67.3 Å². The van der Waals surface area contributed by atoms with Gasteiger partial charge in [0, 0.05) is 8.80 Å². The summed E-state index contributed by atoms with van der Waals surface area (Å²) < 4.78 is 35.3. The van der Waals surface area contributed by atoms with E-state index in [1.807, 2.05) is 19.1 Å². The van der Waals surface area contributed by atoms with Crippen molar-refractivity contribution < 1.29 is 13.5 Å². The largest absolute Gasteiger partial charge is 0.485 e. The van der Waals surface area contributed by atoms with Gasteiger partial charge in [0.05, 0.1) is 6.10 Å². The van der Waals surface area contributed by atoms with Gasteiger partial charge < -0.3 is 4.74 Å². The van der Waals surface area contributed by atoms with Gasteiger partial charge in [-0.15, -0.1) is 0 Å². The SMILES string of the molecule is CCCCCCC[C@H](C)Oc1c(F)cc(-c2ccc(C3CC[SiH](CCCCC)CC3)cc2)cc1F. The molecule has 35 heavy (non-hydrogen) atoms. The molecular weight excluding hydrogens is 454 g/mol. The summed E-state index contributed by atoms with van der Waals surface area (Å²) in [7, 11) is -0.513. The Morgan fingerprint density at radius 2 is 1.43 bits per heavy atom. The molecule has 1 aliphatic heterocycles. The second-order valence-electron chi connectivity index (χ2n) is 10.7. The lowest BCUT2D eigenvalue weighted by molar-refractivity contribution is 0.188. The van der Waals surface area contributed by atoms with Gasteiger partial charge in [-0.3, -0.25) is 0 Å². The molecular formula is C31H46F2OSi. The number of hydrogen-bond donors (Lipinski definition) is 0. The number of ether oxygens (including phenoxy) is 1. The Morgan fingerprint density at radius 1 is 0.829 bits per heavy atom. The van der Waals surface area contributed by atoms with Crippen molar-refractivity contribution in [3.63, 3.8) is 0 Å². The molecule has 0 spiro atoms. The fraction of sp³-hybridized carbons (Fsp3) is 0.613. The third kappa shape index (κ3) is 8.73. The molecule has 1 nitrogen and oxygen atoms in total. The summed E-state index contributed by atoms with van der Waals surface area (Å²) in [6, 6.07) is 15.6. The molecule has 0 unspecified atom stereocenters. The molecule has 0 bridgehead atoms. The zero-order valence-electron chi connectivity index (χ0n) is 22.3. The summed E-state index contributed by atoms with van der Waals surface area (Å²) in [5.41, 5.74) is 2.80. The van der Waals surface area contributed by atoms with E-state index in [0.717, 1.165) is 24.8 Å². The van der Waals surface area contributed by atoms with Crippen molar-refractivity contribution in [3.05, 3.63) is 53.6 Å². The molecule has 194 valence electrons. The first-order valence-electron chi connectivity index (χ1n) is 14.3. The van der Waals surface area contributed by atoms with Gasteiger partial charge in [-0.2, -0.15) is 0 Å². The average molecular weight is 501 g/mol. The minimum atomic E-state index is -0.617. The quantitative estimate of drug-likeness (QED) is 0.185. The predicted molar refractivity (Wildman–Crippen MR) is 148 cm³/mol. The van der Waals surface area contributed by atoms with Crippen LogP contribution in [0.2, 0.25) is 18.1 Å². The highest BCUT2D eigenvalue weighted by molar-refractivity contribution is 6.59. The molecule has 1 heterocycles. The summed E-state index contributed by atoms with van der Waals surface area (Å²) in [4.78, 5) is 0. The molecule has 1 aliphatic rings. The first-order valence-corrected chi connectivity index (χ1v) is 16.7. The number of rotatable bonds is 14. The standard InChI is InChI=1S/C31H46F2OSi/c1-4-6-8-9-10-12-24(3)34-31-29(32)22-28(23-30(31)33)26-15-13-25(14-16-26)27-17-20-35(21-18-27)19-11-7-5-2/h13-16,22-24,27,35H,4-12,17-21H2,1-3H3/t24-,27?,35?/m0/s1. The lowest BCUT2D eigenvalue weighted by atomic mass is 9.92. The maximum atomic E-state index is 14.8. The van der Waals surface area contributed by atoms with Gasteiger partial charge in [0.2, 0.25) is 0 Å². The lowest BCUT2D eigenvalue weighted by Gasteiger charge is -2.28. The number of halogens is 2. The summed E-state index contributed by atoms with van der Waals surface area (Å²) in [5.74, 6) is -0.834. The van der Waals surface area contributed by atoms with E-state index >= 15 is 0 Å². The van der Waals surface area contributed by atoms with Crippen molar-refractivity contribution in [1.82, 2.24) is 0 Å². The Balaban J connectivity index is 1.55. The maximum Gasteiger partial charge on any atom is 0.191 e. The predicted octanol–water partition coefficient (Wildman–Crippen LogP) is 10.1. The van der Waals surface area contributed by atoms with E-state index in [0.29, 0.717) is 11.5 Å². The highest BCUT2D eigenvalue weighted by atomic mass is 28.3. The molecule has 1 atom stereocenters. The van der Waals surface area contributed by atoms with Crippen LogP contribution in [0.1, 0.15) is 103 Å². The van der Waals surface area contributed by atoms with Crippen molar-refractivity contribution in [1.29, 1.82) is 0 Å². The monoisotopic (exact) mass is 500 g/mol. The Bertz CT molecular complexity index is 851. The first kappa shape index (κ1) is 27.9. The maximum absolute atomic E-state index is 14.8. The number of benzene rings is 2. The Kier molecular flexibility index (Phi) is 11.8. The molecule has 1 fully saturated rings. The van der Waals surface area contributed by atoms with Crippen molar-refractivity contribution in [2.45, 2.75) is 122 Å². The Hall–Kier alpha value is -1.68. The lowest BCUT2D eigenvalue weighted by Crippen LogP contribution is -2.20. The van der Waals surface area contributed by atoms with Gasteiger partial charge in [0.25, 0.3) is 0 Å². The van der Waals surface area contributed by atoms with Crippen LogP contribution in [0.3, 0.4) is 0 Å². The topological polar surface area (TPSA) is 9.23 Å². The van der Waals surface area contributed by atoms with Crippen LogP contribution in [0.25, 0.3) is 11.1 Å². The van der Waals surface area contributed by atoms with Crippen molar-refractivity contribution in [3.8, 4) is 16.9 Å². The van der Waals surface area contributed by atoms with Crippen LogP contribution < -0.4 is 4.74 Å². The first-order chi connectivity index (χ1) is 17.0.